The van der Waals surface area contributed by atoms with Crippen LogP contribution in [0.5, 0.6) is 11.5 Å². The first-order valence-electron chi connectivity index (χ1n) is 10.4. The van der Waals surface area contributed by atoms with Gasteiger partial charge in [-0.3, -0.25) is 9.48 Å². The van der Waals surface area contributed by atoms with Gasteiger partial charge in [-0.25, -0.2) is 4.39 Å². The van der Waals surface area contributed by atoms with Gasteiger partial charge in [0, 0.05) is 31.9 Å². The fourth-order valence-electron chi connectivity index (χ4n) is 4.05. The quantitative estimate of drug-likeness (QED) is 0.437. The van der Waals surface area contributed by atoms with Crippen LogP contribution in [0.25, 0.3) is 11.1 Å². The number of hydrogen-bond donors (Lipinski definition) is 0. The van der Waals surface area contributed by atoms with Crippen LogP contribution < -0.4 is 4.74 Å². The standard InChI is InChI=1S/C26H19FN4O2/c1-30-15-21(13-29-30)18-6-2-5-17(11-18)14-31-16-20-8-4-10-23(24(20)26(31)32)33-25-19(12-28)7-3-9-22(25)27/h2-11,13,15H,14,16H2,1H3. The van der Waals surface area contributed by atoms with E-state index in [1.807, 2.05) is 49.6 Å². The van der Waals surface area contributed by atoms with Crippen molar-refractivity contribution in [3.63, 3.8) is 0 Å². The van der Waals surface area contributed by atoms with Gasteiger partial charge in [0.2, 0.25) is 0 Å². The van der Waals surface area contributed by atoms with Crippen molar-refractivity contribution in [2.45, 2.75) is 13.1 Å². The average molecular weight is 438 g/mol. The molecule has 0 spiro atoms. The maximum Gasteiger partial charge on any atom is 0.258 e. The zero-order valence-corrected chi connectivity index (χ0v) is 17.8. The predicted octanol–water partition coefficient (Wildman–Crippen LogP) is 5.05. The van der Waals surface area contributed by atoms with Crippen molar-refractivity contribution in [3.8, 4) is 28.7 Å². The van der Waals surface area contributed by atoms with Crippen LogP contribution >= 0.6 is 0 Å². The normalized spacial score (nSPS) is 12.5. The number of carbonyl (C=O) groups excluding carboxylic acids is 1. The number of halogens is 1. The number of fused-ring (bicyclic) bond motifs is 1. The second kappa shape index (κ2) is 8.24. The Bertz CT molecular complexity index is 1420. The molecule has 33 heavy (non-hydrogen) atoms. The van der Waals surface area contributed by atoms with E-state index in [2.05, 4.69) is 5.10 Å². The first-order valence-corrected chi connectivity index (χ1v) is 10.4. The van der Waals surface area contributed by atoms with Gasteiger partial charge in [-0.2, -0.15) is 10.4 Å². The fraction of sp³-hybridized carbons (Fsp3) is 0.115. The maximum absolute atomic E-state index is 14.3. The molecule has 2 heterocycles. The lowest BCUT2D eigenvalue weighted by molar-refractivity contribution is 0.0765. The van der Waals surface area contributed by atoms with Crippen LogP contribution in [0.3, 0.4) is 0 Å². The largest absolute Gasteiger partial charge is 0.452 e. The van der Waals surface area contributed by atoms with Crippen LogP contribution in [0.15, 0.2) is 73.1 Å². The highest BCUT2D eigenvalue weighted by Gasteiger charge is 2.31. The molecule has 0 aliphatic carbocycles. The van der Waals surface area contributed by atoms with E-state index in [1.54, 1.807) is 27.9 Å². The molecule has 7 heteroatoms. The third-order valence-electron chi connectivity index (χ3n) is 5.61. The molecule has 6 nitrogen and oxygen atoms in total. The van der Waals surface area contributed by atoms with Gasteiger partial charge in [-0.1, -0.05) is 36.4 Å². The highest BCUT2D eigenvalue weighted by atomic mass is 19.1. The minimum atomic E-state index is -0.652. The average Bonchev–Trinajstić information content (AvgIpc) is 3.39. The monoisotopic (exact) mass is 438 g/mol. The van der Waals surface area contributed by atoms with E-state index in [0.717, 1.165) is 22.3 Å². The number of rotatable bonds is 5. The number of carbonyl (C=O) groups is 1. The van der Waals surface area contributed by atoms with E-state index in [-0.39, 0.29) is 23.0 Å². The summed E-state index contributed by atoms with van der Waals surface area (Å²) in [7, 11) is 1.87. The molecular weight excluding hydrogens is 419 g/mol. The Morgan fingerprint density at radius 3 is 2.73 bits per heavy atom. The molecule has 0 radical (unpaired) electrons. The number of aromatic nitrogens is 2. The van der Waals surface area contributed by atoms with E-state index in [9.17, 15) is 14.4 Å². The Hall–Kier alpha value is -4.44. The molecule has 0 saturated carbocycles. The third kappa shape index (κ3) is 3.83. The van der Waals surface area contributed by atoms with E-state index in [0.29, 0.717) is 18.7 Å². The number of para-hydroxylation sites is 1. The molecule has 5 rings (SSSR count). The molecule has 1 aliphatic rings. The minimum absolute atomic E-state index is 0.0714. The lowest BCUT2D eigenvalue weighted by Gasteiger charge is -2.16. The van der Waals surface area contributed by atoms with E-state index >= 15 is 0 Å². The van der Waals surface area contributed by atoms with Crippen molar-refractivity contribution in [2.75, 3.05) is 0 Å². The molecule has 1 aliphatic heterocycles. The molecule has 0 bridgehead atoms. The SMILES string of the molecule is Cn1cc(-c2cccc(CN3Cc4cccc(Oc5c(F)cccc5C#N)c4C3=O)c2)cn1. The van der Waals surface area contributed by atoms with Crippen LogP contribution in [-0.4, -0.2) is 20.6 Å². The van der Waals surface area contributed by atoms with Crippen molar-refractivity contribution < 1.29 is 13.9 Å². The molecule has 3 aromatic carbocycles. The smallest absolute Gasteiger partial charge is 0.258 e. The number of nitrogens with zero attached hydrogens (tertiary/aromatic N) is 4. The van der Waals surface area contributed by atoms with Crippen LogP contribution in [0.1, 0.15) is 27.0 Å². The second-order valence-electron chi connectivity index (χ2n) is 7.88. The summed E-state index contributed by atoms with van der Waals surface area (Å²) in [6.07, 6.45) is 3.75. The molecule has 1 aromatic heterocycles. The first-order chi connectivity index (χ1) is 16.0. The number of amides is 1. The van der Waals surface area contributed by atoms with E-state index in [4.69, 9.17) is 4.74 Å². The topological polar surface area (TPSA) is 71.2 Å². The van der Waals surface area contributed by atoms with Crippen molar-refractivity contribution in [1.82, 2.24) is 14.7 Å². The molecule has 0 N–H and O–H groups in total. The highest BCUT2D eigenvalue weighted by molar-refractivity contribution is 6.01. The van der Waals surface area contributed by atoms with Gasteiger partial charge in [0.25, 0.3) is 5.91 Å². The lowest BCUT2D eigenvalue weighted by atomic mass is 10.1. The van der Waals surface area contributed by atoms with Crippen LogP contribution in [0.2, 0.25) is 0 Å². The zero-order valence-electron chi connectivity index (χ0n) is 17.8. The molecule has 0 atom stereocenters. The lowest BCUT2D eigenvalue weighted by Crippen LogP contribution is -2.23. The Morgan fingerprint density at radius 1 is 1.12 bits per heavy atom. The molecule has 1 amide bonds. The Labute approximate surface area is 190 Å². The second-order valence-corrected chi connectivity index (χ2v) is 7.88. The summed E-state index contributed by atoms with van der Waals surface area (Å²) >= 11 is 0. The Morgan fingerprint density at radius 2 is 1.94 bits per heavy atom. The van der Waals surface area contributed by atoms with Crippen molar-refractivity contribution >= 4 is 5.91 Å². The minimum Gasteiger partial charge on any atom is -0.452 e. The van der Waals surface area contributed by atoms with Gasteiger partial charge in [0.1, 0.15) is 11.8 Å². The fourth-order valence-corrected chi connectivity index (χ4v) is 4.05. The molecule has 0 unspecified atom stereocenters. The van der Waals surface area contributed by atoms with Gasteiger partial charge in [-0.15, -0.1) is 0 Å². The van der Waals surface area contributed by atoms with Gasteiger partial charge < -0.3 is 9.64 Å². The number of benzene rings is 3. The zero-order chi connectivity index (χ0) is 22.9. The van der Waals surface area contributed by atoms with Crippen molar-refractivity contribution in [1.29, 1.82) is 5.26 Å². The molecule has 0 fully saturated rings. The van der Waals surface area contributed by atoms with Gasteiger partial charge in [0.15, 0.2) is 11.6 Å². The summed E-state index contributed by atoms with van der Waals surface area (Å²) in [4.78, 5) is 15.0. The van der Waals surface area contributed by atoms with Crippen LogP contribution in [-0.2, 0) is 20.1 Å². The number of nitriles is 1. The third-order valence-corrected chi connectivity index (χ3v) is 5.61. The summed E-state index contributed by atoms with van der Waals surface area (Å²) < 4.78 is 21.9. The van der Waals surface area contributed by atoms with Crippen molar-refractivity contribution in [2.24, 2.45) is 7.05 Å². The summed E-state index contributed by atoms with van der Waals surface area (Å²) in [5.41, 5.74) is 4.29. The molecule has 162 valence electrons. The number of aryl methyl sites for hydroxylation is 1. The summed E-state index contributed by atoms with van der Waals surface area (Å²) in [6, 6.07) is 19.3. The maximum atomic E-state index is 14.3. The van der Waals surface area contributed by atoms with E-state index in [1.165, 1.54) is 18.2 Å². The first kappa shape index (κ1) is 20.5. The summed E-state index contributed by atoms with van der Waals surface area (Å²) in [5.74, 6) is -0.780. The van der Waals surface area contributed by atoms with Crippen LogP contribution in [0.4, 0.5) is 4.39 Å². The highest BCUT2D eigenvalue weighted by Crippen LogP contribution is 2.36. The predicted molar refractivity (Wildman–Crippen MR) is 120 cm³/mol. The summed E-state index contributed by atoms with van der Waals surface area (Å²) in [6.45, 7) is 0.842. The van der Waals surface area contributed by atoms with Gasteiger partial charge in [-0.05, 0) is 41.0 Å². The van der Waals surface area contributed by atoms with E-state index < -0.39 is 5.82 Å². The molecular formula is C26H19FN4O2. The number of hydrogen-bond acceptors (Lipinski definition) is 4. The molecule has 4 aromatic rings. The Kier molecular flexibility index (Phi) is 5.11. The van der Waals surface area contributed by atoms with Crippen LogP contribution in [0, 0.1) is 17.1 Å². The molecule has 0 saturated heterocycles. The van der Waals surface area contributed by atoms with Crippen molar-refractivity contribution in [3.05, 3.63) is 101 Å². The Balaban J connectivity index is 1.41. The number of ether oxygens (including phenoxy) is 1. The van der Waals surface area contributed by atoms with Gasteiger partial charge >= 0.3 is 0 Å². The summed E-state index contributed by atoms with van der Waals surface area (Å²) in [5, 5.41) is 13.5. The van der Waals surface area contributed by atoms with Gasteiger partial charge in [0.05, 0.1) is 17.3 Å².